The van der Waals surface area contributed by atoms with Gasteiger partial charge < -0.3 is 0 Å². The van der Waals surface area contributed by atoms with Gasteiger partial charge in [-0.1, -0.05) is 0 Å². The summed E-state index contributed by atoms with van der Waals surface area (Å²) >= 11 is 0.387. The maximum atomic E-state index is 13.3. The summed E-state index contributed by atoms with van der Waals surface area (Å²) in [5.41, 5.74) is 1.51. The van der Waals surface area contributed by atoms with Crippen molar-refractivity contribution in [2.24, 2.45) is 0 Å². The molecule has 0 unspecified atom stereocenters. The van der Waals surface area contributed by atoms with Crippen molar-refractivity contribution in [2.45, 2.75) is 25.1 Å². The number of aryl methyl sites for hydroxylation is 2. The van der Waals surface area contributed by atoms with Crippen LogP contribution in [0.25, 0.3) is 5.69 Å². The van der Waals surface area contributed by atoms with Crippen LogP contribution < -0.4 is 20.6 Å². The summed E-state index contributed by atoms with van der Waals surface area (Å²) in [6, 6.07) is 21.3. The third-order valence-electron chi connectivity index (χ3n) is 5.00. The number of benzene rings is 2. The molecule has 4 rings (SSSR count). The molecule has 154 valence electrons. The number of ether oxygens (including phenoxy) is 1. The predicted octanol–water partition coefficient (Wildman–Crippen LogP) is 2.25. The molecule has 0 bridgehead atoms. The van der Waals surface area contributed by atoms with E-state index in [1.807, 2.05) is 37.3 Å². The van der Waals surface area contributed by atoms with E-state index in [4.69, 9.17) is 4.74 Å². The molecule has 0 aliphatic rings. The van der Waals surface area contributed by atoms with Crippen LogP contribution in [0.15, 0.2) is 76.3 Å². The number of hydrogen-bond acceptors (Lipinski definition) is 3. The van der Waals surface area contributed by atoms with Crippen LogP contribution in [0.2, 0.25) is 5.32 Å². The van der Waals surface area contributed by atoms with Gasteiger partial charge in [-0.15, -0.1) is 0 Å². The molecule has 0 aliphatic heterocycles. The Hall–Kier alpha value is -3.02. The fraction of sp³-hybridized carbons (Fsp3) is 0.217. The van der Waals surface area contributed by atoms with E-state index in [-0.39, 0.29) is 5.69 Å². The number of nitrogens with zero attached hydrogens (tertiary/aromatic N) is 3. The molecule has 2 aromatic carbocycles. The molecule has 4 aromatic rings. The topological polar surface area (TPSA) is 57.1 Å². The second-order valence-electron chi connectivity index (χ2n) is 6.94. The Morgan fingerprint density at radius 2 is 1.53 bits per heavy atom. The maximum absolute atomic E-state index is 13.3. The molecular weight excluding hydrogens is 445 g/mol. The van der Waals surface area contributed by atoms with Gasteiger partial charge in [0.2, 0.25) is 0 Å². The van der Waals surface area contributed by atoms with Crippen molar-refractivity contribution in [3.63, 3.8) is 0 Å². The average Bonchev–Trinajstić information content (AvgIpc) is 3.04. The first kappa shape index (κ1) is 20.3. The van der Waals surface area contributed by atoms with Gasteiger partial charge in [0.15, 0.2) is 0 Å². The molecule has 0 saturated heterocycles. The Labute approximate surface area is 180 Å². The number of hydrogen-bond donors (Lipinski definition) is 0. The summed E-state index contributed by atoms with van der Waals surface area (Å²) in [6.07, 6.45) is 1.65. The average molecular weight is 468 g/mol. The zero-order chi connectivity index (χ0) is 21.1. The number of para-hydroxylation sites is 1. The summed E-state index contributed by atoms with van der Waals surface area (Å²) in [4.78, 5) is 26.4. The molecule has 30 heavy (non-hydrogen) atoms. The second kappa shape index (κ2) is 8.78. The van der Waals surface area contributed by atoms with E-state index in [2.05, 4.69) is 24.3 Å². The van der Waals surface area contributed by atoms with E-state index in [1.54, 1.807) is 12.1 Å². The van der Waals surface area contributed by atoms with Gasteiger partial charge in [-0.25, -0.2) is 0 Å². The van der Waals surface area contributed by atoms with Crippen molar-refractivity contribution in [3.8, 4) is 11.6 Å². The van der Waals surface area contributed by atoms with Crippen molar-refractivity contribution in [1.82, 2.24) is 13.6 Å². The molecule has 6 nitrogen and oxygen atoms in total. The van der Waals surface area contributed by atoms with E-state index < -0.39 is 5.69 Å². The van der Waals surface area contributed by atoms with Crippen molar-refractivity contribution in [3.05, 3.63) is 99.0 Å². The van der Waals surface area contributed by atoms with Crippen LogP contribution in [0.1, 0.15) is 17.7 Å². The SMILES string of the molecule is COc1cc(C)c(CCC[Se]c2ccccc2)n2c(=O)n(-c3ccccc3)c(=O)n12. The molecular formula is C23H23N3O3Se. The van der Waals surface area contributed by atoms with E-state index in [0.29, 0.717) is 32.9 Å². The third-order valence-corrected chi connectivity index (χ3v) is 7.30. The van der Waals surface area contributed by atoms with Crippen LogP contribution in [-0.4, -0.2) is 35.7 Å². The Kier molecular flexibility index (Phi) is 5.93. The quantitative estimate of drug-likeness (QED) is 0.309. The van der Waals surface area contributed by atoms with E-state index in [9.17, 15) is 9.59 Å². The van der Waals surface area contributed by atoms with Crippen LogP contribution in [0.3, 0.4) is 0 Å². The van der Waals surface area contributed by atoms with Crippen LogP contribution >= 0.6 is 0 Å². The molecule has 0 spiro atoms. The van der Waals surface area contributed by atoms with Crippen molar-refractivity contribution in [1.29, 1.82) is 0 Å². The number of aromatic nitrogens is 3. The summed E-state index contributed by atoms with van der Waals surface area (Å²) < 4.78 is 10.8. The molecule has 0 saturated carbocycles. The van der Waals surface area contributed by atoms with Crippen molar-refractivity contribution < 1.29 is 4.74 Å². The molecule has 0 fully saturated rings. The molecule has 2 heterocycles. The van der Waals surface area contributed by atoms with Crippen LogP contribution in [0.5, 0.6) is 5.88 Å². The Balaban J connectivity index is 1.74. The predicted molar refractivity (Wildman–Crippen MR) is 119 cm³/mol. The number of rotatable bonds is 7. The zero-order valence-electron chi connectivity index (χ0n) is 16.9. The first-order valence-corrected chi connectivity index (χ1v) is 11.8. The molecule has 0 N–H and O–H groups in total. The van der Waals surface area contributed by atoms with Crippen molar-refractivity contribution in [2.75, 3.05) is 7.11 Å². The van der Waals surface area contributed by atoms with Crippen LogP contribution in [0, 0.1) is 6.92 Å². The number of fused-ring (bicyclic) bond motifs is 1. The van der Waals surface area contributed by atoms with E-state index in [0.717, 1.165) is 23.0 Å². The van der Waals surface area contributed by atoms with Gasteiger partial charge >= 0.3 is 180 Å². The van der Waals surface area contributed by atoms with Gasteiger partial charge in [-0.05, 0) is 0 Å². The standard InChI is InChI=1S/C23H23N3O3Se/c1-17-16-21(29-2)26-23(28)24(18-10-5-3-6-11-18)22(27)25(26)20(17)14-9-15-30-19-12-7-4-8-13-19/h3-8,10-13,16H,9,14-15H2,1-2H3. The molecule has 2 aromatic heterocycles. The fourth-order valence-electron chi connectivity index (χ4n) is 3.56. The summed E-state index contributed by atoms with van der Waals surface area (Å²) in [7, 11) is 1.51. The van der Waals surface area contributed by atoms with Gasteiger partial charge in [0, 0.05) is 0 Å². The zero-order valence-corrected chi connectivity index (χ0v) is 18.7. The summed E-state index contributed by atoms with van der Waals surface area (Å²) in [5, 5.41) is 1.06. The molecule has 0 atom stereocenters. The van der Waals surface area contributed by atoms with E-state index >= 15 is 0 Å². The fourth-order valence-corrected chi connectivity index (χ4v) is 5.39. The normalized spacial score (nSPS) is 11.1. The Morgan fingerprint density at radius 3 is 2.20 bits per heavy atom. The molecule has 7 heteroatoms. The van der Waals surface area contributed by atoms with Gasteiger partial charge in [0.1, 0.15) is 0 Å². The molecule has 0 radical (unpaired) electrons. The monoisotopic (exact) mass is 469 g/mol. The first-order valence-electron chi connectivity index (χ1n) is 9.78. The summed E-state index contributed by atoms with van der Waals surface area (Å²) in [6.45, 7) is 1.96. The van der Waals surface area contributed by atoms with Gasteiger partial charge in [-0.2, -0.15) is 0 Å². The minimum absolute atomic E-state index is 0.349. The summed E-state index contributed by atoms with van der Waals surface area (Å²) in [5.74, 6) is 0.349. The first-order chi connectivity index (χ1) is 14.6. The van der Waals surface area contributed by atoms with E-state index in [1.165, 1.54) is 25.2 Å². The van der Waals surface area contributed by atoms with Gasteiger partial charge in [0.25, 0.3) is 0 Å². The number of methoxy groups -OCH3 is 1. The van der Waals surface area contributed by atoms with Gasteiger partial charge in [0.05, 0.1) is 0 Å². The Bertz CT molecular complexity index is 1270. The minimum atomic E-state index is -0.433. The molecule has 0 aliphatic carbocycles. The Morgan fingerprint density at radius 1 is 0.900 bits per heavy atom. The van der Waals surface area contributed by atoms with Gasteiger partial charge in [-0.3, -0.25) is 0 Å². The van der Waals surface area contributed by atoms with Crippen LogP contribution in [-0.2, 0) is 6.42 Å². The third kappa shape index (κ3) is 3.74. The molecule has 0 amide bonds. The van der Waals surface area contributed by atoms with Crippen LogP contribution in [0.4, 0.5) is 0 Å². The second-order valence-corrected chi connectivity index (χ2v) is 9.39. The van der Waals surface area contributed by atoms with Crippen molar-refractivity contribution >= 4 is 19.4 Å².